The monoisotopic (exact) mass is 243 g/mol. The van der Waals surface area contributed by atoms with Gasteiger partial charge in [0.2, 0.25) is 0 Å². The summed E-state index contributed by atoms with van der Waals surface area (Å²) in [6.45, 7) is 0.678. The van der Waals surface area contributed by atoms with E-state index in [1.165, 1.54) is 10.4 Å². The molecule has 0 amide bonds. The molecule has 1 aromatic carbocycles. The molecule has 0 spiro atoms. The van der Waals surface area contributed by atoms with Crippen LogP contribution >= 0.6 is 11.3 Å². The summed E-state index contributed by atoms with van der Waals surface area (Å²) in [4.78, 5) is 9.10. The number of hydrogen-bond donors (Lipinski definition) is 2. The van der Waals surface area contributed by atoms with Gasteiger partial charge in [-0.05, 0) is 42.1 Å². The van der Waals surface area contributed by atoms with Crippen molar-refractivity contribution in [2.24, 2.45) is 5.73 Å². The molecule has 4 heteroatoms. The number of nitrogens with two attached hydrogens (primary N) is 1. The number of thiophene rings is 1. The van der Waals surface area contributed by atoms with Gasteiger partial charge >= 0.3 is 0 Å². The molecule has 3 rings (SSSR count). The van der Waals surface area contributed by atoms with E-state index in [1.807, 2.05) is 12.1 Å². The van der Waals surface area contributed by atoms with Crippen LogP contribution in [0.3, 0.4) is 0 Å². The number of nitrogens with one attached hydrogen (secondary N) is 1. The quantitative estimate of drug-likeness (QED) is 0.743. The van der Waals surface area contributed by atoms with Crippen molar-refractivity contribution < 1.29 is 0 Å². The minimum atomic E-state index is 0.678. The molecule has 17 heavy (non-hydrogen) atoms. The van der Waals surface area contributed by atoms with Crippen LogP contribution in [0, 0.1) is 0 Å². The molecule has 0 saturated carbocycles. The van der Waals surface area contributed by atoms with Crippen molar-refractivity contribution in [2.75, 3.05) is 6.54 Å². The summed E-state index contributed by atoms with van der Waals surface area (Å²) in [7, 11) is 0. The Balaban J connectivity index is 2.07. The van der Waals surface area contributed by atoms with E-state index in [4.69, 9.17) is 5.73 Å². The van der Waals surface area contributed by atoms with Crippen LogP contribution in [0.1, 0.15) is 5.56 Å². The lowest BCUT2D eigenvalue weighted by Gasteiger charge is -1.96. The Kier molecular flexibility index (Phi) is 2.66. The Morgan fingerprint density at radius 2 is 2.24 bits per heavy atom. The van der Waals surface area contributed by atoms with E-state index in [1.54, 1.807) is 11.3 Å². The molecule has 0 aliphatic carbocycles. The molecule has 0 fully saturated rings. The fourth-order valence-corrected chi connectivity index (χ4v) is 2.58. The first-order valence-corrected chi connectivity index (χ1v) is 6.47. The van der Waals surface area contributed by atoms with Crippen LogP contribution in [0.4, 0.5) is 0 Å². The van der Waals surface area contributed by atoms with Crippen LogP contribution in [0.25, 0.3) is 21.7 Å². The van der Waals surface area contributed by atoms with Gasteiger partial charge in [-0.15, -0.1) is 11.3 Å². The molecule has 86 valence electrons. The molecule has 2 heterocycles. The Hall–Kier alpha value is -1.65. The highest BCUT2D eigenvalue weighted by Gasteiger charge is 2.06. The standard InChI is InChI=1S/C13H13N3S/c14-6-5-9-3-4-10-11(8-9)16-13(15-10)12-2-1-7-17-12/h1-4,7-8H,5-6,14H2,(H,15,16). The zero-order valence-electron chi connectivity index (χ0n) is 9.31. The summed E-state index contributed by atoms with van der Waals surface area (Å²) in [5.41, 5.74) is 8.91. The largest absolute Gasteiger partial charge is 0.337 e. The number of aromatic nitrogens is 2. The second kappa shape index (κ2) is 4.31. The number of imidazole rings is 1. The summed E-state index contributed by atoms with van der Waals surface area (Å²) >= 11 is 1.69. The highest BCUT2D eigenvalue weighted by atomic mass is 32.1. The van der Waals surface area contributed by atoms with E-state index in [9.17, 15) is 0 Å². The van der Waals surface area contributed by atoms with Gasteiger partial charge in [-0.25, -0.2) is 4.98 Å². The highest BCUT2D eigenvalue weighted by molar-refractivity contribution is 7.13. The molecule has 3 N–H and O–H groups in total. The molecular formula is C13H13N3S. The average Bonchev–Trinajstić information content (AvgIpc) is 2.97. The molecule has 0 saturated heterocycles. The van der Waals surface area contributed by atoms with Gasteiger partial charge in [-0.1, -0.05) is 12.1 Å². The van der Waals surface area contributed by atoms with E-state index in [0.29, 0.717) is 6.54 Å². The fourth-order valence-electron chi connectivity index (χ4n) is 1.91. The van der Waals surface area contributed by atoms with E-state index in [-0.39, 0.29) is 0 Å². The lowest BCUT2D eigenvalue weighted by molar-refractivity contribution is 0.970. The van der Waals surface area contributed by atoms with Crippen molar-refractivity contribution in [1.82, 2.24) is 9.97 Å². The van der Waals surface area contributed by atoms with Crippen molar-refractivity contribution >= 4 is 22.4 Å². The molecule has 0 radical (unpaired) electrons. The predicted molar refractivity (Wildman–Crippen MR) is 72.2 cm³/mol. The first kappa shape index (κ1) is 10.5. The van der Waals surface area contributed by atoms with Crippen LogP contribution in [-0.2, 0) is 6.42 Å². The van der Waals surface area contributed by atoms with Crippen molar-refractivity contribution in [3.8, 4) is 10.7 Å². The first-order valence-electron chi connectivity index (χ1n) is 5.59. The van der Waals surface area contributed by atoms with E-state index in [0.717, 1.165) is 23.3 Å². The molecule has 3 nitrogen and oxygen atoms in total. The first-order chi connectivity index (χ1) is 8.36. The molecule has 0 unspecified atom stereocenters. The Morgan fingerprint density at radius 1 is 1.29 bits per heavy atom. The smallest absolute Gasteiger partial charge is 0.148 e. The minimum Gasteiger partial charge on any atom is -0.337 e. The number of nitrogens with zero attached hydrogens (tertiary/aromatic N) is 1. The second-order valence-corrected chi connectivity index (χ2v) is 4.90. The van der Waals surface area contributed by atoms with Gasteiger partial charge < -0.3 is 10.7 Å². The van der Waals surface area contributed by atoms with Crippen LogP contribution in [0.2, 0.25) is 0 Å². The van der Waals surface area contributed by atoms with Gasteiger partial charge in [0.1, 0.15) is 5.82 Å². The van der Waals surface area contributed by atoms with Crippen molar-refractivity contribution in [3.05, 3.63) is 41.3 Å². The van der Waals surface area contributed by atoms with E-state index < -0.39 is 0 Å². The Morgan fingerprint density at radius 3 is 3.00 bits per heavy atom. The third kappa shape index (κ3) is 1.97. The number of rotatable bonds is 3. The average molecular weight is 243 g/mol. The maximum atomic E-state index is 5.56. The van der Waals surface area contributed by atoms with Crippen LogP contribution in [0.15, 0.2) is 35.7 Å². The minimum absolute atomic E-state index is 0.678. The van der Waals surface area contributed by atoms with Crippen molar-refractivity contribution in [3.63, 3.8) is 0 Å². The molecule has 3 aromatic rings. The second-order valence-electron chi connectivity index (χ2n) is 3.95. The summed E-state index contributed by atoms with van der Waals surface area (Å²) in [6, 6.07) is 10.4. The number of aromatic amines is 1. The van der Waals surface area contributed by atoms with E-state index >= 15 is 0 Å². The van der Waals surface area contributed by atoms with Gasteiger partial charge in [-0.2, -0.15) is 0 Å². The number of H-pyrrole nitrogens is 1. The maximum absolute atomic E-state index is 5.56. The zero-order chi connectivity index (χ0) is 11.7. The highest BCUT2D eigenvalue weighted by Crippen LogP contribution is 2.24. The fraction of sp³-hybridized carbons (Fsp3) is 0.154. The maximum Gasteiger partial charge on any atom is 0.148 e. The SMILES string of the molecule is NCCc1ccc2nc(-c3cccs3)[nH]c2c1. The van der Waals surface area contributed by atoms with Gasteiger partial charge in [-0.3, -0.25) is 0 Å². The summed E-state index contributed by atoms with van der Waals surface area (Å²) in [5, 5.41) is 2.06. The summed E-state index contributed by atoms with van der Waals surface area (Å²) in [5.74, 6) is 0.944. The Labute approximate surface area is 103 Å². The third-order valence-electron chi connectivity index (χ3n) is 2.73. The normalized spacial score (nSPS) is 11.1. The molecule has 0 aliphatic heterocycles. The van der Waals surface area contributed by atoms with Crippen molar-refractivity contribution in [1.29, 1.82) is 0 Å². The van der Waals surface area contributed by atoms with Crippen LogP contribution in [0.5, 0.6) is 0 Å². The molecule has 0 bridgehead atoms. The van der Waals surface area contributed by atoms with Gasteiger partial charge in [0.05, 0.1) is 15.9 Å². The Bertz CT molecular complexity index is 625. The zero-order valence-corrected chi connectivity index (χ0v) is 10.1. The van der Waals surface area contributed by atoms with Crippen LogP contribution < -0.4 is 5.73 Å². The lowest BCUT2D eigenvalue weighted by atomic mass is 10.1. The lowest BCUT2D eigenvalue weighted by Crippen LogP contribution is -2.02. The summed E-state index contributed by atoms with van der Waals surface area (Å²) in [6.07, 6.45) is 0.906. The molecule has 0 aliphatic rings. The predicted octanol–water partition coefficient (Wildman–Crippen LogP) is 2.79. The van der Waals surface area contributed by atoms with E-state index in [2.05, 4.69) is 33.5 Å². The number of fused-ring (bicyclic) bond motifs is 1. The van der Waals surface area contributed by atoms with Crippen LogP contribution in [-0.4, -0.2) is 16.5 Å². The van der Waals surface area contributed by atoms with Gasteiger partial charge in [0.25, 0.3) is 0 Å². The van der Waals surface area contributed by atoms with Gasteiger partial charge in [0.15, 0.2) is 0 Å². The third-order valence-corrected chi connectivity index (χ3v) is 3.61. The molecule has 0 atom stereocenters. The number of hydrogen-bond acceptors (Lipinski definition) is 3. The number of benzene rings is 1. The van der Waals surface area contributed by atoms with Gasteiger partial charge in [0, 0.05) is 0 Å². The topological polar surface area (TPSA) is 54.7 Å². The molecule has 2 aromatic heterocycles. The van der Waals surface area contributed by atoms with Crippen molar-refractivity contribution in [2.45, 2.75) is 6.42 Å². The summed E-state index contributed by atoms with van der Waals surface area (Å²) < 4.78 is 0. The molecular weight excluding hydrogens is 230 g/mol.